The number of carbonyl (C=O) groups is 2. The average Bonchev–Trinajstić information content (AvgIpc) is 2.57. The van der Waals surface area contributed by atoms with Gasteiger partial charge in [-0.1, -0.05) is 12.1 Å². The predicted molar refractivity (Wildman–Crippen MR) is 83.9 cm³/mol. The Morgan fingerprint density at radius 1 is 1.24 bits per heavy atom. The van der Waals surface area contributed by atoms with Gasteiger partial charge in [-0.25, -0.2) is 14.0 Å². The van der Waals surface area contributed by atoms with Gasteiger partial charge >= 0.3 is 11.7 Å². The van der Waals surface area contributed by atoms with Crippen molar-refractivity contribution < 1.29 is 23.5 Å². The normalized spacial score (nSPS) is 10.3. The number of carbonyl (C=O) groups excluding carboxylic acids is 2. The van der Waals surface area contributed by atoms with E-state index in [2.05, 4.69) is 4.74 Å². The second kappa shape index (κ2) is 7.43. The molecule has 0 radical (unpaired) electrons. The number of benzene rings is 1. The second-order valence-electron chi connectivity index (χ2n) is 4.88. The smallest absolute Gasteiger partial charge is 0.344 e. The van der Waals surface area contributed by atoms with Crippen LogP contribution in [0.3, 0.4) is 0 Å². The van der Waals surface area contributed by atoms with Crippen molar-refractivity contribution in [2.75, 3.05) is 18.9 Å². The number of para-hydroxylation sites is 1. The summed E-state index contributed by atoms with van der Waals surface area (Å²) in [5, 5.41) is 0. The highest BCUT2D eigenvalue weighted by molar-refractivity contribution is 6.01. The zero-order chi connectivity index (χ0) is 18.6. The highest BCUT2D eigenvalue weighted by Gasteiger charge is 2.19. The molecule has 1 heterocycles. The number of esters is 1. The number of aromatic nitrogens is 2. The number of hydrogen-bond donors (Lipinski definition) is 2. The number of nitrogens with zero attached hydrogens (tertiary/aromatic N) is 1. The van der Waals surface area contributed by atoms with Gasteiger partial charge in [-0.3, -0.25) is 19.1 Å². The lowest BCUT2D eigenvalue weighted by Gasteiger charge is -2.09. The van der Waals surface area contributed by atoms with E-state index in [9.17, 15) is 23.6 Å². The van der Waals surface area contributed by atoms with Gasteiger partial charge in [-0.05, 0) is 12.1 Å². The minimum Gasteiger partial charge on any atom is -0.479 e. The Bertz CT molecular complexity index is 934. The summed E-state index contributed by atoms with van der Waals surface area (Å²) in [4.78, 5) is 48.5. The fourth-order valence-electron chi connectivity index (χ4n) is 1.86. The lowest BCUT2D eigenvalue weighted by atomic mass is 10.2. The van der Waals surface area contributed by atoms with Gasteiger partial charge in [0, 0.05) is 7.05 Å². The first-order valence-electron chi connectivity index (χ1n) is 6.96. The molecule has 0 spiro atoms. The van der Waals surface area contributed by atoms with E-state index in [4.69, 9.17) is 10.5 Å². The van der Waals surface area contributed by atoms with E-state index in [1.807, 2.05) is 4.98 Å². The molecule has 1 aromatic heterocycles. The zero-order valence-corrected chi connectivity index (χ0v) is 13.1. The van der Waals surface area contributed by atoms with Gasteiger partial charge in [0.05, 0.1) is 0 Å². The van der Waals surface area contributed by atoms with Gasteiger partial charge in [0.25, 0.3) is 5.56 Å². The first kappa shape index (κ1) is 17.9. The van der Waals surface area contributed by atoms with Crippen LogP contribution in [0.1, 0.15) is 10.4 Å². The number of halogens is 1. The van der Waals surface area contributed by atoms with Crippen LogP contribution in [-0.4, -0.2) is 34.5 Å². The number of ketones is 1. The van der Waals surface area contributed by atoms with Gasteiger partial charge in [-0.2, -0.15) is 0 Å². The Morgan fingerprint density at radius 3 is 2.60 bits per heavy atom. The van der Waals surface area contributed by atoms with Crippen LogP contribution in [0, 0.1) is 5.82 Å². The minimum atomic E-state index is -0.982. The average molecular weight is 351 g/mol. The molecular formula is C15H14FN3O6. The Labute approximate surface area is 139 Å². The third kappa shape index (κ3) is 4.10. The highest BCUT2D eigenvalue weighted by atomic mass is 19.1. The lowest BCUT2D eigenvalue weighted by Crippen LogP contribution is -2.36. The third-order valence-electron chi connectivity index (χ3n) is 3.19. The SMILES string of the molecule is Cn1c(N)c(C(=O)COC(=O)COc2ccccc2F)c(=O)[nH]c1=O. The van der Waals surface area contributed by atoms with Crippen LogP contribution in [0.4, 0.5) is 10.2 Å². The number of anilines is 1. The van der Waals surface area contributed by atoms with Gasteiger partial charge in [0.2, 0.25) is 5.78 Å². The number of aromatic amines is 1. The molecule has 0 aliphatic rings. The van der Waals surface area contributed by atoms with E-state index in [0.717, 1.165) is 10.6 Å². The summed E-state index contributed by atoms with van der Waals surface area (Å²) in [6, 6.07) is 5.44. The van der Waals surface area contributed by atoms with Crippen molar-refractivity contribution in [2.45, 2.75) is 0 Å². The van der Waals surface area contributed by atoms with Crippen LogP contribution in [0.15, 0.2) is 33.9 Å². The summed E-state index contributed by atoms with van der Waals surface area (Å²) in [5.41, 5.74) is 3.30. The fourth-order valence-corrected chi connectivity index (χ4v) is 1.86. The number of ether oxygens (including phenoxy) is 2. The van der Waals surface area contributed by atoms with E-state index in [1.54, 1.807) is 0 Å². The molecule has 0 aliphatic carbocycles. The molecule has 0 bridgehead atoms. The minimum absolute atomic E-state index is 0.149. The van der Waals surface area contributed by atoms with Crippen LogP contribution in [0.5, 0.6) is 5.75 Å². The van der Waals surface area contributed by atoms with Crippen molar-refractivity contribution in [2.24, 2.45) is 7.05 Å². The summed E-state index contributed by atoms with van der Waals surface area (Å²) >= 11 is 0. The number of rotatable bonds is 6. The van der Waals surface area contributed by atoms with Crippen molar-refractivity contribution in [3.63, 3.8) is 0 Å². The Morgan fingerprint density at radius 2 is 1.92 bits per heavy atom. The van der Waals surface area contributed by atoms with Gasteiger partial charge in [-0.15, -0.1) is 0 Å². The van der Waals surface area contributed by atoms with Crippen molar-refractivity contribution in [1.29, 1.82) is 0 Å². The van der Waals surface area contributed by atoms with E-state index in [1.165, 1.54) is 25.2 Å². The first-order valence-corrected chi connectivity index (χ1v) is 6.96. The standard InChI is InChI=1S/C15H14FN3O6/c1-19-13(17)12(14(22)18-15(19)23)9(20)6-25-11(21)7-24-10-5-3-2-4-8(10)16/h2-5H,6-7,17H2,1H3,(H,18,22,23). The van der Waals surface area contributed by atoms with Crippen LogP contribution in [0.25, 0.3) is 0 Å². The summed E-state index contributed by atoms with van der Waals surface area (Å²) < 4.78 is 23.8. The molecule has 9 nitrogen and oxygen atoms in total. The van der Waals surface area contributed by atoms with E-state index >= 15 is 0 Å². The van der Waals surface area contributed by atoms with E-state index in [-0.39, 0.29) is 11.6 Å². The topological polar surface area (TPSA) is 133 Å². The lowest BCUT2D eigenvalue weighted by molar-refractivity contribution is -0.144. The van der Waals surface area contributed by atoms with Crippen molar-refractivity contribution >= 4 is 17.6 Å². The van der Waals surface area contributed by atoms with Crippen LogP contribution in [-0.2, 0) is 16.6 Å². The Balaban J connectivity index is 1.98. The molecule has 1 aromatic carbocycles. The molecule has 25 heavy (non-hydrogen) atoms. The molecule has 0 atom stereocenters. The molecule has 0 amide bonds. The summed E-state index contributed by atoms with van der Waals surface area (Å²) in [6.45, 7) is -1.42. The third-order valence-corrected chi connectivity index (χ3v) is 3.19. The Kier molecular flexibility index (Phi) is 5.32. The van der Waals surface area contributed by atoms with Crippen LogP contribution in [0.2, 0.25) is 0 Å². The van der Waals surface area contributed by atoms with Crippen molar-refractivity contribution in [3.05, 3.63) is 56.5 Å². The van der Waals surface area contributed by atoms with Crippen LogP contribution >= 0.6 is 0 Å². The molecule has 0 saturated heterocycles. The fraction of sp³-hybridized carbons (Fsp3) is 0.200. The Hall–Kier alpha value is -3.43. The monoisotopic (exact) mass is 351 g/mol. The number of nitrogens with one attached hydrogen (secondary N) is 1. The number of nitrogens with two attached hydrogens (primary N) is 1. The maximum Gasteiger partial charge on any atom is 0.344 e. The molecule has 2 rings (SSSR count). The van der Waals surface area contributed by atoms with E-state index < -0.39 is 47.6 Å². The van der Waals surface area contributed by atoms with Gasteiger partial charge in [0.1, 0.15) is 11.4 Å². The summed E-state index contributed by atoms with van der Waals surface area (Å²) in [7, 11) is 1.26. The van der Waals surface area contributed by atoms with Crippen molar-refractivity contribution in [3.8, 4) is 5.75 Å². The molecule has 0 fully saturated rings. The molecule has 3 N–H and O–H groups in total. The second-order valence-corrected chi connectivity index (χ2v) is 4.88. The molecule has 2 aromatic rings. The van der Waals surface area contributed by atoms with Gasteiger partial charge < -0.3 is 15.2 Å². The zero-order valence-electron chi connectivity index (χ0n) is 13.1. The number of nitrogen functional groups attached to an aromatic ring is 1. The van der Waals surface area contributed by atoms with Gasteiger partial charge in [0.15, 0.2) is 24.8 Å². The molecular weight excluding hydrogens is 337 g/mol. The van der Waals surface area contributed by atoms with Crippen molar-refractivity contribution in [1.82, 2.24) is 9.55 Å². The highest BCUT2D eigenvalue weighted by Crippen LogP contribution is 2.15. The quantitative estimate of drug-likeness (QED) is 0.534. The summed E-state index contributed by atoms with van der Waals surface area (Å²) in [6.07, 6.45) is 0. The molecule has 10 heteroatoms. The number of H-pyrrole nitrogens is 1. The molecule has 0 saturated carbocycles. The maximum absolute atomic E-state index is 13.3. The molecule has 0 unspecified atom stereocenters. The van der Waals surface area contributed by atoms with E-state index in [0.29, 0.717) is 0 Å². The predicted octanol–water partition coefficient (Wildman–Crippen LogP) is -0.400. The maximum atomic E-state index is 13.3. The molecule has 132 valence electrons. The summed E-state index contributed by atoms with van der Waals surface area (Å²) in [5.74, 6) is -3.00. The number of hydrogen-bond acceptors (Lipinski definition) is 7. The first-order chi connectivity index (χ1) is 11.8. The number of Topliss-reactive ketones (excluding diaryl/α,β-unsaturated/α-hetero) is 1. The largest absolute Gasteiger partial charge is 0.479 e. The molecule has 0 aliphatic heterocycles. The van der Waals surface area contributed by atoms with Crippen LogP contribution < -0.4 is 21.7 Å².